The quantitative estimate of drug-likeness (QED) is 0.676. The van der Waals surface area contributed by atoms with E-state index in [1.807, 2.05) is 6.92 Å². The van der Waals surface area contributed by atoms with E-state index in [0.29, 0.717) is 18.3 Å². The SMILES string of the molecule is CCCNc1ncnc(NCC(=O)NCC(C)C)c1C. The van der Waals surface area contributed by atoms with Gasteiger partial charge in [-0.25, -0.2) is 9.97 Å². The molecule has 0 fully saturated rings. The largest absolute Gasteiger partial charge is 0.370 e. The lowest BCUT2D eigenvalue weighted by Crippen LogP contribution is -2.32. The summed E-state index contributed by atoms with van der Waals surface area (Å²) in [6.45, 7) is 9.94. The van der Waals surface area contributed by atoms with Gasteiger partial charge in [-0.15, -0.1) is 0 Å². The van der Waals surface area contributed by atoms with Crippen molar-refractivity contribution in [2.24, 2.45) is 5.92 Å². The molecule has 0 spiro atoms. The summed E-state index contributed by atoms with van der Waals surface area (Å²) in [5, 5.41) is 9.15. The van der Waals surface area contributed by atoms with Crippen LogP contribution in [0, 0.1) is 12.8 Å². The highest BCUT2D eigenvalue weighted by Crippen LogP contribution is 2.17. The Hall–Kier alpha value is -1.85. The van der Waals surface area contributed by atoms with Crippen LogP contribution in [0.1, 0.15) is 32.8 Å². The molecule has 0 aliphatic carbocycles. The number of nitrogens with zero attached hydrogens (tertiary/aromatic N) is 2. The number of nitrogens with one attached hydrogen (secondary N) is 3. The van der Waals surface area contributed by atoms with Crippen molar-refractivity contribution < 1.29 is 4.79 Å². The molecule has 6 nitrogen and oxygen atoms in total. The van der Waals surface area contributed by atoms with Crippen LogP contribution in [0.15, 0.2) is 6.33 Å². The number of carbonyl (C=O) groups excluding carboxylic acids is 1. The van der Waals surface area contributed by atoms with Crippen molar-refractivity contribution in [3.05, 3.63) is 11.9 Å². The highest BCUT2D eigenvalue weighted by molar-refractivity contribution is 5.80. The maximum absolute atomic E-state index is 11.7. The summed E-state index contributed by atoms with van der Waals surface area (Å²) in [6.07, 6.45) is 2.53. The van der Waals surface area contributed by atoms with Crippen LogP contribution in [-0.4, -0.2) is 35.5 Å². The average molecular weight is 279 g/mol. The van der Waals surface area contributed by atoms with Crippen molar-refractivity contribution >= 4 is 17.5 Å². The van der Waals surface area contributed by atoms with Crippen LogP contribution >= 0.6 is 0 Å². The van der Waals surface area contributed by atoms with E-state index in [2.05, 4.69) is 46.7 Å². The number of hydrogen-bond acceptors (Lipinski definition) is 5. The van der Waals surface area contributed by atoms with Crippen LogP contribution in [0.2, 0.25) is 0 Å². The fraction of sp³-hybridized carbons (Fsp3) is 0.643. The van der Waals surface area contributed by atoms with Crippen molar-refractivity contribution in [3.63, 3.8) is 0 Å². The molecule has 1 aromatic heterocycles. The molecule has 0 radical (unpaired) electrons. The lowest BCUT2D eigenvalue weighted by molar-refractivity contribution is -0.119. The van der Waals surface area contributed by atoms with Crippen LogP contribution in [0.3, 0.4) is 0 Å². The van der Waals surface area contributed by atoms with Gasteiger partial charge in [0.25, 0.3) is 0 Å². The third kappa shape index (κ3) is 5.42. The first-order valence-electron chi connectivity index (χ1n) is 7.10. The number of hydrogen-bond donors (Lipinski definition) is 3. The molecular formula is C14H25N5O. The standard InChI is InChI=1S/C14H25N5O/c1-5-6-15-13-11(4)14(19-9-18-13)17-8-12(20)16-7-10(2)3/h9-10H,5-8H2,1-4H3,(H,16,20)(H2,15,17,18,19). The van der Waals surface area contributed by atoms with Gasteiger partial charge in [0, 0.05) is 18.7 Å². The molecule has 112 valence electrons. The summed E-state index contributed by atoms with van der Waals surface area (Å²) in [6, 6.07) is 0. The Morgan fingerprint density at radius 3 is 2.50 bits per heavy atom. The second kappa shape index (κ2) is 8.35. The van der Waals surface area contributed by atoms with Gasteiger partial charge >= 0.3 is 0 Å². The molecule has 6 heteroatoms. The average Bonchev–Trinajstić information content (AvgIpc) is 2.42. The van der Waals surface area contributed by atoms with Crippen LogP contribution < -0.4 is 16.0 Å². The highest BCUT2D eigenvalue weighted by Gasteiger charge is 2.08. The zero-order valence-corrected chi connectivity index (χ0v) is 12.8. The van der Waals surface area contributed by atoms with Gasteiger partial charge in [0.15, 0.2) is 0 Å². The third-order valence-electron chi connectivity index (χ3n) is 2.75. The Morgan fingerprint density at radius 2 is 1.90 bits per heavy atom. The fourth-order valence-corrected chi connectivity index (χ4v) is 1.59. The lowest BCUT2D eigenvalue weighted by Gasteiger charge is -2.13. The van der Waals surface area contributed by atoms with E-state index in [1.165, 1.54) is 6.33 Å². The van der Waals surface area contributed by atoms with Gasteiger partial charge in [0.1, 0.15) is 18.0 Å². The normalized spacial score (nSPS) is 10.4. The van der Waals surface area contributed by atoms with Crippen LogP contribution in [0.4, 0.5) is 11.6 Å². The van der Waals surface area contributed by atoms with E-state index >= 15 is 0 Å². The molecule has 0 unspecified atom stereocenters. The fourth-order valence-electron chi connectivity index (χ4n) is 1.59. The molecule has 1 aromatic rings. The number of anilines is 2. The zero-order valence-electron chi connectivity index (χ0n) is 12.8. The maximum Gasteiger partial charge on any atom is 0.239 e. The Kier molecular flexibility index (Phi) is 6.76. The third-order valence-corrected chi connectivity index (χ3v) is 2.75. The second-order valence-electron chi connectivity index (χ2n) is 5.17. The van der Waals surface area contributed by atoms with Crippen LogP contribution in [0.5, 0.6) is 0 Å². The Bertz CT molecular complexity index is 434. The highest BCUT2D eigenvalue weighted by atomic mass is 16.1. The van der Waals surface area contributed by atoms with E-state index in [1.54, 1.807) is 0 Å². The van der Waals surface area contributed by atoms with E-state index in [4.69, 9.17) is 0 Å². The van der Waals surface area contributed by atoms with E-state index in [9.17, 15) is 4.79 Å². The van der Waals surface area contributed by atoms with Gasteiger partial charge in [0.2, 0.25) is 5.91 Å². The summed E-state index contributed by atoms with van der Waals surface area (Å²) in [7, 11) is 0. The molecular weight excluding hydrogens is 254 g/mol. The molecule has 0 saturated carbocycles. The van der Waals surface area contributed by atoms with Crippen molar-refractivity contribution in [2.45, 2.75) is 34.1 Å². The van der Waals surface area contributed by atoms with Gasteiger partial charge in [-0.05, 0) is 19.3 Å². The van der Waals surface area contributed by atoms with Gasteiger partial charge < -0.3 is 16.0 Å². The smallest absolute Gasteiger partial charge is 0.239 e. The molecule has 20 heavy (non-hydrogen) atoms. The predicted octanol–water partition coefficient (Wildman–Crippen LogP) is 1.79. The molecule has 1 heterocycles. The predicted molar refractivity (Wildman–Crippen MR) is 81.9 cm³/mol. The first kappa shape index (κ1) is 16.2. The van der Waals surface area contributed by atoms with E-state index in [0.717, 1.165) is 24.3 Å². The number of amides is 1. The Labute approximate surface area is 120 Å². The van der Waals surface area contributed by atoms with Gasteiger partial charge in [-0.1, -0.05) is 20.8 Å². The summed E-state index contributed by atoms with van der Waals surface area (Å²) in [5.41, 5.74) is 0.928. The number of carbonyl (C=O) groups is 1. The topological polar surface area (TPSA) is 78.9 Å². The van der Waals surface area contributed by atoms with Gasteiger partial charge in [-0.2, -0.15) is 0 Å². The summed E-state index contributed by atoms with van der Waals surface area (Å²) in [5.74, 6) is 1.93. The Morgan fingerprint density at radius 1 is 1.25 bits per heavy atom. The Balaban J connectivity index is 2.53. The zero-order chi connectivity index (χ0) is 15.0. The molecule has 0 atom stereocenters. The first-order valence-corrected chi connectivity index (χ1v) is 7.10. The van der Waals surface area contributed by atoms with Crippen molar-refractivity contribution in [1.82, 2.24) is 15.3 Å². The van der Waals surface area contributed by atoms with E-state index < -0.39 is 0 Å². The monoisotopic (exact) mass is 279 g/mol. The molecule has 0 saturated heterocycles. The summed E-state index contributed by atoms with van der Waals surface area (Å²) in [4.78, 5) is 20.0. The van der Waals surface area contributed by atoms with Gasteiger partial charge in [0.05, 0.1) is 6.54 Å². The first-order chi connectivity index (χ1) is 9.54. The van der Waals surface area contributed by atoms with Crippen molar-refractivity contribution in [2.75, 3.05) is 30.3 Å². The molecule has 0 aromatic carbocycles. The minimum Gasteiger partial charge on any atom is -0.370 e. The van der Waals surface area contributed by atoms with Crippen molar-refractivity contribution in [1.29, 1.82) is 0 Å². The van der Waals surface area contributed by atoms with Crippen LogP contribution in [-0.2, 0) is 4.79 Å². The van der Waals surface area contributed by atoms with Gasteiger partial charge in [-0.3, -0.25) is 4.79 Å². The molecule has 0 aliphatic heterocycles. The van der Waals surface area contributed by atoms with Crippen molar-refractivity contribution in [3.8, 4) is 0 Å². The van der Waals surface area contributed by atoms with E-state index in [-0.39, 0.29) is 12.5 Å². The minimum absolute atomic E-state index is 0.0280. The minimum atomic E-state index is -0.0280. The molecule has 1 rings (SSSR count). The summed E-state index contributed by atoms with van der Waals surface area (Å²) < 4.78 is 0. The molecule has 1 amide bonds. The maximum atomic E-state index is 11.7. The number of aromatic nitrogens is 2. The molecule has 3 N–H and O–H groups in total. The van der Waals surface area contributed by atoms with Crippen LogP contribution in [0.25, 0.3) is 0 Å². The second-order valence-corrected chi connectivity index (χ2v) is 5.17. The number of rotatable bonds is 8. The molecule has 0 aliphatic rings. The molecule has 0 bridgehead atoms. The lowest BCUT2D eigenvalue weighted by atomic mass is 10.2. The summed E-state index contributed by atoms with van der Waals surface area (Å²) >= 11 is 0.